The summed E-state index contributed by atoms with van der Waals surface area (Å²) in [5.41, 5.74) is 0. The Morgan fingerprint density at radius 1 is 1.62 bits per heavy atom. The molecule has 3 nitrogen and oxygen atoms in total. The van der Waals surface area contributed by atoms with Crippen LogP contribution in [0.4, 0.5) is 0 Å². The van der Waals surface area contributed by atoms with Gasteiger partial charge in [-0.3, -0.25) is 0 Å². The van der Waals surface area contributed by atoms with E-state index in [0.717, 1.165) is 32.4 Å². The number of aldehydes is 1. The highest BCUT2D eigenvalue weighted by molar-refractivity contribution is 5.53. The molecule has 0 radical (unpaired) electrons. The standard InChI is InChI=1S/C7H13NO.C3H8O/c1-8-4-2-3-7(5-8)6-9;1-3-4-2/h6-7H,2-5H2,1H3;3H2,1-2H3/t7-;/m1./s1. The molecule has 1 aliphatic rings. The molecule has 0 N–H and O–H groups in total. The molecule has 0 saturated carbocycles. The molecule has 0 spiro atoms. The fraction of sp³-hybridized carbons (Fsp3) is 0.900. The monoisotopic (exact) mass is 187 g/mol. The molecule has 0 bridgehead atoms. The molecular formula is C10H21NO2. The molecule has 1 atom stereocenters. The number of likely N-dealkylation sites (tertiary alicyclic amines) is 1. The maximum atomic E-state index is 10.3. The number of nitrogens with zero attached hydrogens (tertiary/aromatic N) is 1. The van der Waals surface area contributed by atoms with Crippen LogP contribution in [0.5, 0.6) is 0 Å². The fourth-order valence-corrected chi connectivity index (χ4v) is 1.32. The predicted octanol–water partition coefficient (Wildman–Crippen LogP) is 1.18. The first-order chi connectivity index (χ1) is 6.24. The number of carbonyl (C=O) groups is 1. The van der Waals surface area contributed by atoms with E-state index in [9.17, 15) is 4.79 Å². The van der Waals surface area contributed by atoms with Crippen molar-refractivity contribution >= 4 is 6.29 Å². The minimum atomic E-state index is 0.309. The summed E-state index contributed by atoms with van der Waals surface area (Å²) in [6, 6.07) is 0. The molecule has 0 amide bonds. The van der Waals surface area contributed by atoms with Gasteiger partial charge in [-0.05, 0) is 33.4 Å². The van der Waals surface area contributed by atoms with Gasteiger partial charge in [0.25, 0.3) is 0 Å². The molecule has 78 valence electrons. The molecule has 13 heavy (non-hydrogen) atoms. The van der Waals surface area contributed by atoms with Crippen LogP contribution in [0.3, 0.4) is 0 Å². The Morgan fingerprint density at radius 2 is 2.23 bits per heavy atom. The molecule has 0 unspecified atom stereocenters. The number of rotatable bonds is 2. The van der Waals surface area contributed by atoms with E-state index in [1.807, 2.05) is 6.92 Å². The van der Waals surface area contributed by atoms with Crippen molar-refractivity contribution in [3.63, 3.8) is 0 Å². The van der Waals surface area contributed by atoms with Crippen molar-refractivity contribution in [3.05, 3.63) is 0 Å². The van der Waals surface area contributed by atoms with Crippen LogP contribution in [0, 0.1) is 5.92 Å². The van der Waals surface area contributed by atoms with Crippen LogP contribution in [0.1, 0.15) is 19.8 Å². The van der Waals surface area contributed by atoms with Crippen LogP contribution >= 0.6 is 0 Å². The number of carbonyl (C=O) groups excluding carboxylic acids is 1. The lowest BCUT2D eigenvalue weighted by Crippen LogP contribution is -2.32. The molecule has 1 saturated heterocycles. The number of methoxy groups -OCH3 is 1. The predicted molar refractivity (Wildman–Crippen MR) is 53.8 cm³/mol. The minimum Gasteiger partial charge on any atom is -0.385 e. The first-order valence-corrected chi connectivity index (χ1v) is 4.87. The largest absolute Gasteiger partial charge is 0.385 e. The number of ether oxygens (including phenoxy) is 1. The van der Waals surface area contributed by atoms with Gasteiger partial charge in [-0.1, -0.05) is 0 Å². The Balaban J connectivity index is 0.000000310. The molecular weight excluding hydrogens is 166 g/mol. The zero-order valence-corrected chi connectivity index (χ0v) is 8.95. The van der Waals surface area contributed by atoms with E-state index in [0.29, 0.717) is 5.92 Å². The Kier molecular flexibility index (Phi) is 7.94. The van der Waals surface area contributed by atoms with Gasteiger partial charge in [0.2, 0.25) is 0 Å². The van der Waals surface area contributed by atoms with Crippen molar-refractivity contribution in [3.8, 4) is 0 Å². The molecule has 1 aliphatic heterocycles. The summed E-state index contributed by atoms with van der Waals surface area (Å²) in [6.45, 7) is 4.90. The van der Waals surface area contributed by atoms with E-state index < -0.39 is 0 Å². The topological polar surface area (TPSA) is 29.5 Å². The van der Waals surface area contributed by atoms with Crippen LogP contribution < -0.4 is 0 Å². The fourth-order valence-electron chi connectivity index (χ4n) is 1.32. The van der Waals surface area contributed by atoms with Gasteiger partial charge >= 0.3 is 0 Å². The summed E-state index contributed by atoms with van der Waals surface area (Å²) in [6.07, 6.45) is 3.35. The normalized spacial score (nSPS) is 23.2. The lowest BCUT2D eigenvalue weighted by Gasteiger charge is -2.25. The zero-order chi connectivity index (χ0) is 10.1. The average Bonchev–Trinajstić information content (AvgIpc) is 2.18. The van der Waals surface area contributed by atoms with Crippen molar-refractivity contribution in [2.24, 2.45) is 5.92 Å². The maximum Gasteiger partial charge on any atom is 0.124 e. The van der Waals surface area contributed by atoms with Crippen molar-refractivity contribution in [2.75, 3.05) is 33.9 Å². The van der Waals surface area contributed by atoms with Crippen LogP contribution in [-0.2, 0) is 9.53 Å². The summed E-state index contributed by atoms with van der Waals surface area (Å²) in [5, 5.41) is 0. The summed E-state index contributed by atoms with van der Waals surface area (Å²) in [5.74, 6) is 0.309. The molecule has 0 aromatic carbocycles. The highest BCUT2D eigenvalue weighted by atomic mass is 16.5. The van der Waals surface area contributed by atoms with E-state index in [-0.39, 0.29) is 0 Å². The van der Waals surface area contributed by atoms with Crippen molar-refractivity contribution in [1.82, 2.24) is 4.90 Å². The van der Waals surface area contributed by atoms with Gasteiger partial charge in [0.1, 0.15) is 6.29 Å². The summed E-state index contributed by atoms with van der Waals surface area (Å²) >= 11 is 0. The van der Waals surface area contributed by atoms with Crippen molar-refractivity contribution in [2.45, 2.75) is 19.8 Å². The molecule has 1 rings (SSSR count). The van der Waals surface area contributed by atoms with E-state index >= 15 is 0 Å². The molecule has 1 fully saturated rings. The van der Waals surface area contributed by atoms with Crippen LogP contribution in [0.2, 0.25) is 0 Å². The van der Waals surface area contributed by atoms with Crippen LogP contribution in [-0.4, -0.2) is 45.0 Å². The second-order valence-corrected chi connectivity index (χ2v) is 3.38. The van der Waals surface area contributed by atoms with Gasteiger partial charge in [0, 0.05) is 26.2 Å². The second-order valence-electron chi connectivity index (χ2n) is 3.38. The van der Waals surface area contributed by atoms with E-state index in [1.54, 1.807) is 7.11 Å². The molecule has 1 heterocycles. The third kappa shape index (κ3) is 6.72. The highest BCUT2D eigenvalue weighted by Gasteiger charge is 2.15. The van der Waals surface area contributed by atoms with Gasteiger partial charge < -0.3 is 14.4 Å². The van der Waals surface area contributed by atoms with E-state index in [1.165, 1.54) is 6.42 Å². The third-order valence-electron chi connectivity index (χ3n) is 2.14. The Morgan fingerprint density at radius 3 is 2.54 bits per heavy atom. The van der Waals surface area contributed by atoms with E-state index in [2.05, 4.69) is 16.7 Å². The molecule has 0 aliphatic carbocycles. The maximum absolute atomic E-state index is 10.3. The van der Waals surface area contributed by atoms with E-state index in [4.69, 9.17) is 0 Å². The van der Waals surface area contributed by atoms with Gasteiger partial charge in [-0.25, -0.2) is 0 Å². The Bertz CT molecular complexity index is 126. The highest BCUT2D eigenvalue weighted by Crippen LogP contribution is 2.11. The van der Waals surface area contributed by atoms with Crippen molar-refractivity contribution in [1.29, 1.82) is 0 Å². The van der Waals surface area contributed by atoms with Crippen LogP contribution in [0.15, 0.2) is 0 Å². The quantitative estimate of drug-likeness (QED) is 0.608. The Labute approximate surface area is 81.1 Å². The number of hydrogen-bond acceptors (Lipinski definition) is 3. The molecule has 0 aromatic heterocycles. The number of piperidine rings is 1. The molecule has 3 heteroatoms. The summed E-state index contributed by atoms with van der Waals surface area (Å²) < 4.78 is 4.54. The Hall–Kier alpha value is -0.410. The van der Waals surface area contributed by atoms with Gasteiger partial charge in [0.15, 0.2) is 0 Å². The summed E-state index contributed by atoms with van der Waals surface area (Å²) in [7, 11) is 3.75. The summed E-state index contributed by atoms with van der Waals surface area (Å²) in [4.78, 5) is 12.5. The van der Waals surface area contributed by atoms with Crippen molar-refractivity contribution < 1.29 is 9.53 Å². The molecule has 0 aromatic rings. The average molecular weight is 187 g/mol. The second kappa shape index (κ2) is 8.20. The smallest absolute Gasteiger partial charge is 0.124 e. The first kappa shape index (κ1) is 12.6. The SMILES string of the molecule is CCOC.CN1CCC[C@@H](C=O)C1. The minimum absolute atomic E-state index is 0.309. The lowest BCUT2D eigenvalue weighted by molar-refractivity contribution is -0.112. The third-order valence-corrected chi connectivity index (χ3v) is 2.14. The first-order valence-electron chi connectivity index (χ1n) is 4.87. The van der Waals surface area contributed by atoms with Gasteiger partial charge in [0.05, 0.1) is 0 Å². The zero-order valence-electron chi connectivity index (χ0n) is 8.95. The lowest BCUT2D eigenvalue weighted by atomic mass is 10.0. The van der Waals surface area contributed by atoms with Gasteiger partial charge in [-0.2, -0.15) is 0 Å². The van der Waals surface area contributed by atoms with Gasteiger partial charge in [-0.15, -0.1) is 0 Å². The van der Waals surface area contributed by atoms with Crippen LogP contribution in [0.25, 0.3) is 0 Å². The number of hydrogen-bond donors (Lipinski definition) is 0.